The fourth-order valence-corrected chi connectivity index (χ4v) is 1.84. The fraction of sp³-hybridized carbons (Fsp3) is 0.429. The number of hydrogen-bond acceptors (Lipinski definition) is 6. The molecule has 0 unspecified atom stereocenters. The molecule has 0 radical (unpaired) electrons. The Morgan fingerprint density at radius 3 is 2.65 bits per heavy atom. The predicted molar refractivity (Wildman–Crippen MR) is 79.7 cm³/mol. The Balaban J connectivity index is 2.10. The lowest BCUT2D eigenvalue weighted by Crippen LogP contribution is -2.08. The van der Waals surface area contributed by atoms with Crippen molar-refractivity contribution < 1.29 is 0 Å². The number of nitrogens with zero attached hydrogens (tertiary/aromatic N) is 4. The van der Waals surface area contributed by atoms with Crippen molar-refractivity contribution in [3.8, 4) is 0 Å². The smallest absolute Gasteiger partial charge is 0.133 e. The molecule has 0 aromatic carbocycles. The zero-order valence-corrected chi connectivity index (χ0v) is 12.1. The SMILES string of the molecule is CCCc1nc(NC)cc(NCc2ccnc(C)n2)n1. The number of nitrogens with one attached hydrogen (secondary N) is 2. The zero-order chi connectivity index (χ0) is 14.4. The maximum Gasteiger partial charge on any atom is 0.133 e. The third-order valence-electron chi connectivity index (χ3n) is 2.79. The molecule has 2 N–H and O–H groups in total. The van der Waals surface area contributed by atoms with Crippen molar-refractivity contribution in [2.24, 2.45) is 0 Å². The highest BCUT2D eigenvalue weighted by Crippen LogP contribution is 2.12. The topological polar surface area (TPSA) is 75.6 Å². The maximum atomic E-state index is 4.50. The molecule has 2 heterocycles. The molecule has 0 amide bonds. The van der Waals surface area contributed by atoms with Crippen LogP contribution in [-0.2, 0) is 13.0 Å². The highest BCUT2D eigenvalue weighted by Gasteiger charge is 2.04. The van der Waals surface area contributed by atoms with Crippen LogP contribution >= 0.6 is 0 Å². The first-order valence-corrected chi connectivity index (χ1v) is 6.79. The van der Waals surface area contributed by atoms with E-state index in [1.54, 1.807) is 6.20 Å². The Morgan fingerprint density at radius 2 is 1.95 bits per heavy atom. The van der Waals surface area contributed by atoms with E-state index in [1.165, 1.54) is 0 Å². The second-order valence-corrected chi connectivity index (χ2v) is 4.50. The van der Waals surface area contributed by atoms with Crippen LogP contribution in [0.3, 0.4) is 0 Å². The van der Waals surface area contributed by atoms with E-state index in [2.05, 4.69) is 37.5 Å². The molecular weight excluding hydrogens is 252 g/mol. The van der Waals surface area contributed by atoms with E-state index in [-0.39, 0.29) is 0 Å². The van der Waals surface area contributed by atoms with Crippen molar-refractivity contribution in [1.29, 1.82) is 0 Å². The summed E-state index contributed by atoms with van der Waals surface area (Å²) in [5.41, 5.74) is 0.944. The van der Waals surface area contributed by atoms with Crippen LogP contribution < -0.4 is 10.6 Å². The minimum atomic E-state index is 0.620. The molecule has 2 aromatic heterocycles. The number of aromatic nitrogens is 4. The Hall–Kier alpha value is -2.24. The van der Waals surface area contributed by atoms with Crippen molar-refractivity contribution >= 4 is 11.6 Å². The van der Waals surface area contributed by atoms with Crippen LogP contribution in [0.25, 0.3) is 0 Å². The standard InChI is InChI=1S/C14H20N6/c1-4-5-12-19-13(15-3)8-14(20-12)17-9-11-6-7-16-10(2)18-11/h6-8H,4-5,9H2,1-3H3,(H2,15,17,19,20). The first kappa shape index (κ1) is 14.2. The molecule has 0 atom stereocenters. The van der Waals surface area contributed by atoms with Crippen molar-refractivity contribution in [2.75, 3.05) is 17.7 Å². The summed E-state index contributed by atoms with van der Waals surface area (Å²) in [6, 6.07) is 3.79. The lowest BCUT2D eigenvalue weighted by atomic mass is 10.3. The van der Waals surface area contributed by atoms with Crippen LogP contribution in [-0.4, -0.2) is 27.0 Å². The van der Waals surface area contributed by atoms with Crippen LogP contribution in [0.1, 0.15) is 30.7 Å². The number of anilines is 2. The van der Waals surface area contributed by atoms with Gasteiger partial charge in [-0.05, 0) is 19.4 Å². The van der Waals surface area contributed by atoms with Gasteiger partial charge in [0.05, 0.1) is 12.2 Å². The van der Waals surface area contributed by atoms with Gasteiger partial charge in [0.25, 0.3) is 0 Å². The van der Waals surface area contributed by atoms with Gasteiger partial charge in [0, 0.05) is 25.7 Å². The van der Waals surface area contributed by atoms with Crippen molar-refractivity contribution in [1.82, 2.24) is 19.9 Å². The molecule has 0 aliphatic rings. The van der Waals surface area contributed by atoms with Gasteiger partial charge in [0.1, 0.15) is 23.3 Å². The molecule has 0 aliphatic carbocycles. The summed E-state index contributed by atoms with van der Waals surface area (Å²) in [6.45, 7) is 4.62. The first-order valence-electron chi connectivity index (χ1n) is 6.79. The molecule has 0 saturated heterocycles. The third-order valence-corrected chi connectivity index (χ3v) is 2.79. The lowest BCUT2D eigenvalue weighted by Gasteiger charge is -2.09. The highest BCUT2D eigenvalue weighted by atomic mass is 15.1. The zero-order valence-electron chi connectivity index (χ0n) is 12.1. The summed E-state index contributed by atoms with van der Waals surface area (Å²) in [7, 11) is 1.86. The molecule has 2 rings (SSSR count). The van der Waals surface area contributed by atoms with Crippen LogP contribution in [0.15, 0.2) is 18.3 Å². The largest absolute Gasteiger partial charge is 0.373 e. The van der Waals surface area contributed by atoms with E-state index in [9.17, 15) is 0 Å². The van der Waals surface area contributed by atoms with Crippen LogP contribution in [0, 0.1) is 6.92 Å². The maximum absolute atomic E-state index is 4.50. The van der Waals surface area contributed by atoms with E-state index < -0.39 is 0 Å². The third kappa shape index (κ3) is 3.88. The molecule has 0 bridgehead atoms. The Bertz CT molecular complexity index is 569. The Labute approximate surface area is 119 Å². The molecule has 2 aromatic rings. The molecule has 0 spiro atoms. The summed E-state index contributed by atoms with van der Waals surface area (Å²) in [5, 5.41) is 6.34. The summed E-state index contributed by atoms with van der Waals surface area (Å²) >= 11 is 0. The number of hydrogen-bond donors (Lipinski definition) is 2. The molecule has 0 aliphatic heterocycles. The van der Waals surface area contributed by atoms with Crippen LogP contribution in [0.4, 0.5) is 11.6 Å². The molecule has 0 saturated carbocycles. The average molecular weight is 272 g/mol. The monoisotopic (exact) mass is 272 g/mol. The molecule has 20 heavy (non-hydrogen) atoms. The van der Waals surface area contributed by atoms with E-state index in [0.717, 1.165) is 41.8 Å². The number of aryl methyl sites for hydroxylation is 2. The summed E-state index contributed by atoms with van der Waals surface area (Å²) < 4.78 is 0. The van der Waals surface area contributed by atoms with Gasteiger partial charge in [-0.2, -0.15) is 0 Å². The minimum Gasteiger partial charge on any atom is -0.373 e. The lowest BCUT2D eigenvalue weighted by molar-refractivity contribution is 0.834. The van der Waals surface area contributed by atoms with Gasteiger partial charge in [-0.1, -0.05) is 6.92 Å². The predicted octanol–water partition coefficient (Wildman–Crippen LogP) is 2.18. The van der Waals surface area contributed by atoms with E-state index in [0.29, 0.717) is 6.54 Å². The van der Waals surface area contributed by atoms with Crippen LogP contribution in [0.2, 0.25) is 0 Å². The molecular formula is C14H20N6. The van der Waals surface area contributed by atoms with Crippen molar-refractivity contribution in [2.45, 2.75) is 33.2 Å². The van der Waals surface area contributed by atoms with Crippen molar-refractivity contribution in [3.05, 3.63) is 35.7 Å². The van der Waals surface area contributed by atoms with Gasteiger partial charge in [-0.25, -0.2) is 19.9 Å². The summed E-state index contributed by atoms with van der Waals surface area (Å²) in [5.74, 6) is 3.25. The highest BCUT2D eigenvalue weighted by molar-refractivity contribution is 5.47. The average Bonchev–Trinajstić information content (AvgIpc) is 2.45. The molecule has 6 nitrogen and oxygen atoms in total. The first-order chi connectivity index (χ1) is 9.71. The Kier molecular flexibility index (Phi) is 4.81. The molecule has 106 valence electrons. The normalized spacial score (nSPS) is 10.3. The van der Waals surface area contributed by atoms with Gasteiger partial charge in [-0.15, -0.1) is 0 Å². The second kappa shape index (κ2) is 6.79. The Morgan fingerprint density at radius 1 is 1.15 bits per heavy atom. The van der Waals surface area contributed by atoms with Gasteiger partial charge in [0.15, 0.2) is 0 Å². The van der Waals surface area contributed by atoms with Gasteiger partial charge in [-0.3, -0.25) is 0 Å². The van der Waals surface area contributed by atoms with E-state index >= 15 is 0 Å². The minimum absolute atomic E-state index is 0.620. The number of rotatable bonds is 6. The molecule has 0 fully saturated rings. The fourth-order valence-electron chi connectivity index (χ4n) is 1.84. The van der Waals surface area contributed by atoms with Gasteiger partial charge >= 0.3 is 0 Å². The second-order valence-electron chi connectivity index (χ2n) is 4.50. The summed E-state index contributed by atoms with van der Waals surface area (Å²) in [4.78, 5) is 17.4. The van der Waals surface area contributed by atoms with Crippen molar-refractivity contribution in [3.63, 3.8) is 0 Å². The summed E-state index contributed by atoms with van der Waals surface area (Å²) in [6.07, 6.45) is 3.66. The quantitative estimate of drug-likeness (QED) is 0.839. The van der Waals surface area contributed by atoms with Crippen LogP contribution in [0.5, 0.6) is 0 Å². The molecule has 6 heteroatoms. The van der Waals surface area contributed by atoms with E-state index in [4.69, 9.17) is 0 Å². The van der Waals surface area contributed by atoms with Gasteiger partial charge in [0.2, 0.25) is 0 Å². The van der Waals surface area contributed by atoms with E-state index in [1.807, 2.05) is 26.1 Å². The van der Waals surface area contributed by atoms with Gasteiger partial charge < -0.3 is 10.6 Å².